The maximum absolute atomic E-state index is 11.1. The molecule has 6 heteroatoms. The Morgan fingerprint density at radius 3 is 2.61 bits per heavy atom. The smallest absolute Gasteiger partial charge is 0.248 e. The van der Waals surface area contributed by atoms with E-state index in [4.69, 9.17) is 15.6 Å². The molecule has 1 amide bonds. The Morgan fingerprint density at radius 2 is 2.06 bits per heavy atom. The molecule has 0 spiro atoms. The Labute approximate surface area is 104 Å². The summed E-state index contributed by atoms with van der Waals surface area (Å²) >= 11 is 0. The van der Waals surface area contributed by atoms with Crippen LogP contribution in [0.25, 0.3) is 0 Å². The van der Waals surface area contributed by atoms with Gasteiger partial charge in [-0.3, -0.25) is 4.79 Å². The summed E-state index contributed by atoms with van der Waals surface area (Å²) in [6.45, 7) is -0.385. The quantitative estimate of drug-likeness (QED) is 0.548. The number of carbonyl (C=O) groups excluding carboxylic acids is 1. The molecule has 2 rings (SSSR count). The zero-order valence-corrected chi connectivity index (χ0v) is 9.56. The maximum atomic E-state index is 11.1. The number of nitrogens with two attached hydrogens (primary N) is 1. The molecule has 1 aliphatic heterocycles. The molecule has 1 heterocycles. The molecule has 1 aromatic rings. The van der Waals surface area contributed by atoms with E-state index in [1.807, 2.05) is 0 Å². The van der Waals surface area contributed by atoms with Crippen LogP contribution in [0.4, 0.5) is 0 Å². The topological polar surface area (TPSA) is 113 Å². The lowest BCUT2D eigenvalue weighted by atomic mass is 10.00. The second kappa shape index (κ2) is 5.03. The first-order valence-corrected chi connectivity index (χ1v) is 5.57. The van der Waals surface area contributed by atoms with E-state index in [2.05, 4.69) is 0 Å². The molecular weight excluding hydrogens is 238 g/mol. The van der Waals surface area contributed by atoms with Crippen LogP contribution >= 0.6 is 0 Å². The standard InChI is InChI=1S/C12H15NO5/c13-12(17)7-3-1-2-6(4-7)11-10(16)9(15)8(5-14)18-11/h1-4,8-11,14-16H,5H2,(H2,13,17)/t8-,9?,10?,11+/m0/s1. The lowest BCUT2D eigenvalue weighted by Crippen LogP contribution is -2.32. The summed E-state index contributed by atoms with van der Waals surface area (Å²) in [5.74, 6) is -0.580. The number of hydrogen-bond acceptors (Lipinski definition) is 5. The van der Waals surface area contributed by atoms with Crippen LogP contribution in [0, 0.1) is 0 Å². The van der Waals surface area contributed by atoms with Gasteiger partial charge in [-0.1, -0.05) is 12.1 Å². The van der Waals surface area contributed by atoms with E-state index in [0.717, 1.165) is 0 Å². The third-order valence-corrected chi connectivity index (χ3v) is 3.04. The number of rotatable bonds is 3. The summed E-state index contributed by atoms with van der Waals surface area (Å²) in [7, 11) is 0. The third-order valence-electron chi connectivity index (χ3n) is 3.04. The summed E-state index contributed by atoms with van der Waals surface area (Å²) in [6.07, 6.45) is -3.92. The number of benzene rings is 1. The minimum Gasteiger partial charge on any atom is -0.394 e. The van der Waals surface area contributed by atoms with Crippen molar-refractivity contribution in [3.8, 4) is 0 Å². The van der Waals surface area contributed by atoms with E-state index < -0.39 is 30.3 Å². The van der Waals surface area contributed by atoms with E-state index in [0.29, 0.717) is 11.1 Å². The second-order valence-corrected chi connectivity index (χ2v) is 4.25. The fourth-order valence-electron chi connectivity index (χ4n) is 2.04. The molecule has 18 heavy (non-hydrogen) atoms. The molecule has 0 aromatic heterocycles. The van der Waals surface area contributed by atoms with E-state index in [1.165, 1.54) is 6.07 Å². The molecule has 4 atom stereocenters. The van der Waals surface area contributed by atoms with E-state index in [1.54, 1.807) is 18.2 Å². The average molecular weight is 253 g/mol. The Morgan fingerprint density at radius 1 is 1.33 bits per heavy atom. The van der Waals surface area contributed by atoms with Crippen LogP contribution in [0.3, 0.4) is 0 Å². The van der Waals surface area contributed by atoms with Crippen molar-refractivity contribution in [1.29, 1.82) is 0 Å². The summed E-state index contributed by atoms with van der Waals surface area (Å²) < 4.78 is 5.35. The normalized spacial score (nSPS) is 31.5. The van der Waals surface area contributed by atoms with Crippen molar-refractivity contribution in [2.45, 2.75) is 24.4 Å². The fourth-order valence-corrected chi connectivity index (χ4v) is 2.04. The molecule has 6 nitrogen and oxygen atoms in total. The van der Waals surface area contributed by atoms with Crippen LogP contribution in [-0.2, 0) is 4.74 Å². The van der Waals surface area contributed by atoms with Crippen LogP contribution in [0.1, 0.15) is 22.0 Å². The average Bonchev–Trinajstić information content (AvgIpc) is 2.66. The third kappa shape index (κ3) is 2.23. The zero-order chi connectivity index (χ0) is 13.3. The van der Waals surface area contributed by atoms with Gasteiger partial charge in [-0.25, -0.2) is 0 Å². The van der Waals surface area contributed by atoms with Crippen molar-refractivity contribution < 1.29 is 24.9 Å². The zero-order valence-electron chi connectivity index (χ0n) is 9.56. The van der Waals surface area contributed by atoms with Crippen molar-refractivity contribution >= 4 is 5.91 Å². The summed E-state index contributed by atoms with van der Waals surface area (Å²) in [5.41, 5.74) is 6.00. The number of ether oxygens (including phenoxy) is 1. The number of amides is 1. The van der Waals surface area contributed by atoms with Crippen LogP contribution < -0.4 is 5.73 Å². The molecule has 98 valence electrons. The molecule has 1 aliphatic rings. The molecule has 0 bridgehead atoms. The van der Waals surface area contributed by atoms with Gasteiger partial charge in [0.15, 0.2) is 0 Å². The molecule has 0 aliphatic carbocycles. The number of aliphatic hydroxyl groups excluding tert-OH is 3. The molecule has 0 saturated carbocycles. The number of aliphatic hydroxyl groups is 3. The van der Waals surface area contributed by atoms with Gasteiger partial charge in [0.25, 0.3) is 0 Å². The lowest BCUT2D eigenvalue weighted by molar-refractivity contribution is -0.0227. The molecule has 1 fully saturated rings. The summed E-state index contributed by atoms with van der Waals surface area (Å²) in [4.78, 5) is 11.1. The fraction of sp³-hybridized carbons (Fsp3) is 0.417. The molecule has 1 aromatic carbocycles. The molecule has 0 radical (unpaired) electrons. The highest BCUT2D eigenvalue weighted by Crippen LogP contribution is 2.33. The van der Waals surface area contributed by atoms with Crippen molar-refractivity contribution in [1.82, 2.24) is 0 Å². The first-order valence-electron chi connectivity index (χ1n) is 5.57. The number of carbonyl (C=O) groups is 1. The van der Waals surface area contributed by atoms with Gasteiger partial charge in [0.1, 0.15) is 24.4 Å². The van der Waals surface area contributed by atoms with Gasteiger partial charge in [-0.05, 0) is 17.7 Å². The molecule has 1 saturated heterocycles. The highest BCUT2D eigenvalue weighted by molar-refractivity contribution is 5.92. The number of primary amides is 1. The SMILES string of the molecule is NC(=O)c1cccc([C@H]2O[C@@H](CO)C(O)C2O)c1. The van der Waals surface area contributed by atoms with Gasteiger partial charge in [-0.2, -0.15) is 0 Å². The van der Waals surface area contributed by atoms with Crippen LogP contribution in [0.5, 0.6) is 0 Å². The van der Waals surface area contributed by atoms with E-state index in [-0.39, 0.29) is 6.61 Å². The minimum absolute atomic E-state index is 0.297. The lowest BCUT2D eigenvalue weighted by Gasteiger charge is -2.15. The van der Waals surface area contributed by atoms with Gasteiger partial charge >= 0.3 is 0 Å². The van der Waals surface area contributed by atoms with Gasteiger partial charge < -0.3 is 25.8 Å². The van der Waals surface area contributed by atoms with Gasteiger partial charge in [0, 0.05) is 5.56 Å². The monoisotopic (exact) mass is 253 g/mol. The molecular formula is C12H15NO5. The highest BCUT2D eigenvalue weighted by atomic mass is 16.6. The Kier molecular flexibility index (Phi) is 3.63. The maximum Gasteiger partial charge on any atom is 0.248 e. The minimum atomic E-state index is -1.16. The Balaban J connectivity index is 2.27. The Hall–Kier alpha value is -1.47. The van der Waals surface area contributed by atoms with E-state index >= 15 is 0 Å². The van der Waals surface area contributed by atoms with Crippen molar-refractivity contribution in [2.24, 2.45) is 5.73 Å². The predicted molar refractivity (Wildman–Crippen MR) is 61.7 cm³/mol. The molecule has 5 N–H and O–H groups in total. The molecule has 2 unspecified atom stereocenters. The summed E-state index contributed by atoms with van der Waals surface area (Å²) in [6, 6.07) is 6.33. The summed E-state index contributed by atoms with van der Waals surface area (Å²) in [5, 5.41) is 28.5. The van der Waals surface area contributed by atoms with Crippen molar-refractivity contribution in [3.05, 3.63) is 35.4 Å². The number of hydrogen-bond donors (Lipinski definition) is 4. The Bertz CT molecular complexity index is 450. The largest absolute Gasteiger partial charge is 0.394 e. The second-order valence-electron chi connectivity index (χ2n) is 4.25. The van der Waals surface area contributed by atoms with Gasteiger partial charge in [-0.15, -0.1) is 0 Å². The van der Waals surface area contributed by atoms with E-state index in [9.17, 15) is 15.0 Å². The predicted octanol–water partition coefficient (Wildman–Crippen LogP) is -1.06. The van der Waals surface area contributed by atoms with Gasteiger partial charge in [0.2, 0.25) is 5.91 Å². The first-order chi connectivity index (χ1) is 8.54. The van der Waals surface area contributed by atoms with Gasteiger partial charge in [0.05, 0.1) is 6.61 Å². The van der Waals surface area contributed by atoms with Crippen LogP contribution in [0.15, 0.2) is 24.3 Å². The highest BCUT2D eigenvalue weighted by Gasteiger charge is 2.42. The van der Waals surface area contributed by atoms with Crippen molar-refractivity contribution in [3.63, 3.8) is 0 Å². The first kappa shape index (κ1) is 13.0. The van der Waals surface area contributed by atoms with Crippen molar-refractivity contribution in [2.75, 3.05) is 6.61 Å². The van der Waals surface area contributed by atoms with Crippen LogP contribution in [0.2, 0.25) is 0 Å². The van der Waals surface area contributed by atoms with Crippen LogP contribution in [-0.4, -0.2) is 46.1 Å².